The number of nitrogens with zero attached hydrogens (tertiary/aromatic N) is 3. The number of aromatic nitrogens is 3. The summed E-state index contributed by atoms with van der Waals surface area (Å²) in [4.78, 5) is 4.10. The first-order valence-corrected chi connectivity index (χ1v) is 5.69. The second kappa shape index (κ2) is 4.18. The molecular weight excluding hydrogens is 313 g/mol. The highest BCUT2D eigenvalue weighted by atomic mass is 127. The van der Waals surface area contributed by atoms with Crippen LogP contribution in [0, 0.1) is 3.01 Å². The predicted octanol–water partition coefficient (Wildman–Crippen LogP) is 2.21. The van der Waals surface area contributed by atoms with Crippen LogP contribution < -0.4 is 4.74 Å². The van der Waals surface area contributed by atoms with E-state index in [0.717, 1.165) is 13.6 Å². The third-order valence-corrected chi connectivity index (χ3v) is 3.22. The van der Waals surface area contributed by atoms with Crippen LogP contribution in [0.3, 0.4) is 0 Å². The van der Waals surface area contributed by atoms with E-state index in [2.05, 4.69) is 37.8 Å². The first-order valence-electron chi connectivity index (χ1n) is 3.79. The molecule has 6 heteroatoms. The van der Waals surface area contributed by atoms with E-state index < -0.39 is 0 Å². The lowest BCUT2D eigenvalue weighted by molar-refractivity contribution is 0.399. The summed E-state index contributed by atoms with van der Waals surface area (Å²) in [5, 5.41) is 8.81. The molecule has 0 atom stereocenters. The Balaban J connectivity index is 2.50. The quantitative estimate of drug-likeness (QED) is 0.797. The Kier molecular flexibility index (Phi) is 2.92. The van der Waals surface area contributed by atoms with Gasteiger partial charge >= 0.3 is 0 Å². The van der Waals surface area contributed by atoms with Crippen molar-refractivity contribution in [3.63, 3.8) is 0 Å². The molecule has 0 aliphatic heterocycles. The Morgan fingerprint density at radius 3 is 2.93 bits per heavy atom. The molecule has 4 nitrogen and oxygen atoms in total. The number of ether oxygens (including phenoxy) is 1. The molecule has 0 N–H and O–H groups in total. The number of rotatable bonds is 2. The summed E-state index contributed by atoms with van der Waals surface area (Å²) in [6.45, 7) is 0. The van der Waals surface area contributed by atoms with Gasteiger partial charge in [-0.3, -0.25) is 0 Å². The lowest BCUT2D eigenvalue weighted by atomic mass is 10.3. The number of halogens is 1. The van der Waals surface area contributed by atoms with E-state index >= 15 is 0 Å². The summed E-state index contributed by atoms with van der Waals surface area (Å²) >= 11 is 3.65. The van der Waals surface area contributed by atoms with E-state index in [1.165, 1.54) is 11.3 Å². The minimum atomic E-state index is 0.583. The summed E-state index contributed by atoms with van der Waals surface area (Å²) in [6.07, 6.45) is 1.69. The lowest BCUT2D eigenvalue weighted by Gasteiger charge is -2.01. The molecule has 0 saturated heterocycles. The van der Waals surface area contributed by atoms with E-state index in [0.29, 0.717) is 5.88 Å². The van der Waals surface area contributed by atoms with Crippen molar-refractivity contribution in [2.24, 2.45) is 0 Å². The van der Waals surface area contributed by atoms with Gasteiger partial charge in [-0.25, -0.2) is 4.98 Å². The zero-order valence-electron chi connectivity index (χ0n) is 7.27. The maximum Gasteiger partial charge on any atom is 0.223 e. The molecule has 0 fully saturated rings. The zero-order valence-corrected chi connectivity index (χ0v) is 10.2. The fourth-order valence-electron chi connectivity index (χ4n) is 1.03. The molecule has 72 valence electrons. The largest absolute Gasteiger partial charge is 0.480 e. The van der Waals surface area contributed by atoms with Crippen LogP contribution in [0.1, 0.15) is 0 Å². The van der Waals surface area contributed by atoms with Crippen LogP contribution in [-0.4, -0.2) is 22.3 Å². The average Bonchev–Trinajstić information content (AvgIpc) is 2.65. The molecule has 2 rings (SSSR count). The van der Waals surface area contributed by atoms with Gasteiger partial charge in [0.05, 0.1) is 12.7 Å². The topological polar surface area (TPSA) is 47.9 Å². The van der Waals surface area contributed by atoms with E-state index in [1.807, 2.05) is 12.1 Å². The molecular formula is C8H6IN3OS. The highest BCUT2D eigenvalue weighted by Gasteiger charge is 2.10. The highest BCUT2D eigenvalue weighted by Crippen LogP contribution is 2.30. The first kappa shape index (κ1) is 9.78. The van der Waals surface area contributed by atoms with Crippen molar-refractivity contribution in [3.05, 3.63) is 21.3 Å². The monoisotopic (exact) mass is 319 g/mol. The van der Waals surface area contributed by atoms with Crippen LogP contribution in [0.25, 0.3) is 10.6 Å². The van der Waals surface area contributed by atoms with Gasteiger partial charge in [-0.05, 0) is 34.7 Å². The van der Waals surface area contributed by atoms with Gasteiger partial charge in [0.2, 0.25) is 5.88 Å². The third kappa shape index (κ3) is 1.85. The summed E-state index contributed by atoms with van der Waals surface area (Å²) < 4.78 is 6.04. The average molecular weight is 319 g/mol. The smallest absolute Gasteiger partial charge is 0.223 e. The fraction of sp³-hybridized carbons (Fsp3) is 0.125. The SMILES string of the molecule is COc1ncccc1-c1nnc(I)s1. The van der Waals surface area contributed by atoms with Gasteiger partial charge in [0.25, 0.3) is 0 Å². The predicted molar refractivity (Wildman–Crippen MR) is 62.4 cm³/mol. The molecule has 0 saturated carbocycles. The molecule has 14 heavy (non-hydrogen) atoms. The molecule has 0 aromatic carbocycles. The van der Waals surface area contributed by atoms with Gasteiger partial charge in [0, 0.05) is 6.20 Å². The number of hydrogen-bond acceptors (Lipinski definition) is 5. The van der Waals surface area contributed by atoms with Gasteiger partial charge in [-0.2, -0.15) is 0 Å². The minimum Gasteiger partial charge on any atom is -0.480 e. The van der Waals surface area contributed by atoms with Gasteiger partial charge in [0.1, 0.15) is 0 Å². The molecule has 0 aliphatic rings. The van der Waals surface area contributed by atoms with Crippen molar-refractivity contribution in [2.75, 3.05) is 7.11 Å². The van der Waals surface area contributed by atoms with Crippen molar-refractivity contribution in [2.45, 2.75) is 0 Å². The highest BCUT2D eigenvalue weighted by molar-refractivity contribution is 14.1. The standard InChI is InChI=1S/C8H6IN3OS/c1-13-6-5(3-2-4-10-6)7-11-12-8(9)14-7/h2-4H,1H3. The van der Waals surface area contributed by atoms with Crippen LogP contribution in [0.5, 0.6) is 5.88 Å². The third-order valence-electron chi connectivity index (χ3n) is 1.60. The number of hydrogen-bond donors (Lipinski definition) is 0. The van der Waals surface area contributed by atoms with E-state index in [9.17, 15) is 0 Å². The van der Waals surface area contributed by atoms with Crippen molar-refractivity contribution >= 4 is 33.9 Å². The Morgan fingerprint density at radius 1 is 1.43 bits per heavy atom. The van der Waals surface area contributed by atoms with Gasteiger partial charge < -0.3 is 4.74 Å². The van der Waals surface area contributed by atoms with Crippen LogP contribution >= 0.6 is 33.9 Å². The van der Waals surface area contributed by atoms with Crippen molar-refractivity contribution in [1.82, 2.24) is 15.2 Å². The number of methoxy groups -OCH3 is 1. The molecule has 0 unspecified atom stereocenters. The van der Waals surface area contributed by atoms with E-state index in [4.69, 9.17) is 4.74 Å². The summed E-state index contributed by atoms with van der Waals surface area (Å²) in [5.41, 5.74) is 0.885. The molecule has 0 bridgehead atoms. The van der Waals surface area contributed by atoms with Crippen LogP contribution in [0.4, 0.5) is 0 Å². The summed E-state index contributed by atoms with van der Waals surface area (Å²) in [6, 6.07) is 3.77. The van der Waals surface area contributed by atoms with Crippen LogP contribution in [0.15, 0.2) is 18.3 Å². The summed E-state index contributed by atoms with van der Waals surface area (Å²) in [7, 11) is 1.60. The molecule has 0 radical (unpaired) electrons. The Hall–Kier alpha value is -0.760. The fourth-order valence-corrected chi connectivity index (χ4v) is 2.35. The van der Waals surface area contributed by atoms with Crippen molar-refractivity contribution in [3.8, 4) is 16.5 Å². The Labute approximate surface area is 98.5 Å². The van der Waals surface area contributed by atoms with Crippen LogP contribution in [0.2, 0.25) is 0 Å². The lowest BCUT2D eigenvalue weighted by Crippen LogP contribution is -1.90. The molecule has 2 aromatic rings. The summed E-state index contributed by atoms with van der Waals surface area (Å²) in [5.74, 6) is 0.583. The Morgan fingerprint density at radius 2 is 2.29 bits per heavy atom. The van der Waals surface area contributed by atoms with Gasteiger partial charge in [0.15, 0.2) is 8.02 Å². The zero-order chi connectivity index (χ0) is 9.97. The maximum absolute atomic E-state index is 5.13. The molecule has 0 amide bonds. The molecule has 0 spiro atoms. The second-order valence-electron chi connectivity index (χ2n) is 2.42. The molecule has 2 aromatic heterocycles. The van der Waals surface area contributed by atoms with Gasteiger partial charge in [-0.1, -0.05) is 11.3 Å². The minimum absolute atomic E-state index is 0.583. The van der Waals surface area contributed by atoms with Crippen molar-refractivity contribution in [1.29, 1.82) is 0 Å². The van der Waals surface area contributed by atoms with E-state index in [-0.39, 0.29) is 0 Å². The van der Waals surface area contributed by atoms with Crippen molar-refractivity contribution < 1.29 is 4.74 Å². The molecule has 0 aliphatic carbocycles. The maximum atomic E-state index is 5.13. The van der Waals surface area contributed by atoms with E-state index in [1.54, 1.807) is 13.3 Å². The number of pyridine rings is 1. The molecule has 2 heterocycles. The Bertz CT molecular complexity index is 446. The second-order valence-corrected chi connectivity index (χ2v) is 5.15. The first-order chi connectivity index (χ1) is 6.81. The normalized spacial score (nSPS) is 10.1. The van der Waals surface area contributed by atoms with Gasteiger partial charge in [-0.15, -0.1) is 10.2 Å². The van der Waals surface area contributed by atoms with Crippen LogP contribution in [-0.2, 0) is 0 Å².